The molecule has 0 aliphatic heterocycles. The molecular weight excluding hydrogens is 186 g/mol. The molecule has 0 amide bonds. The topological polar surface area (TPSA) is 29.9 Å². The van der Waals surface area contributed by atoms with E-state index in [1.54, 1.807) is 0 Å². The quantitative estimate of drug-likeness (QED) is 0.819. The average molecular weight is 207 g/mol. The van der Waals surface area contributed by atoms with Gasteiger partial charge in [-0.15, -0.1) is 0 Å². The van der Waals surface area contributed by atoms with Crippen molar-refractivity contribution in [2.24, 2.45) is 5.92 Å². The van der Waals surface area contributed by atoms with Gasteiger partial charge in [0, 0.05) is 12.7 Å². The summed E-state index contributed by atoms with van der Waals surface area (Å²) in [4.78, 5) is 4.27. The lowest BCUT2D eigenvalue weighted by Gasteiger charge is -2.30. The highest BCUT2D eigenvalue weighted by atomic mass is 15.1. The van der Waals surface area contributed by atoms with Gasteiger partial charge in [0.25, 0.3) is 0 Å². The summed E-state index contributed by atoms with van der Waals surface area (Å²) in [5, 5.41) is 3.33. The van der Waals surface area contributed by atoms with E-state index in [1.807, 2.05) is 19.6 Å². The van der Waals surface area contributed by atoms with Crippen LogP contribution in [0.4, 0.5) is 0 Å². The van der Waals surface area contributed by atoms with E-state index in [0.29, 0.717) is 0 Å². The fourth-order valence-electron chi connectivity index (χ4n) is 2.07. The van der Waals surface area contributed by atoms with Gasteiger partial charge in [0.15, 0.2) is 0 Å². The van der Waals surface area contributed by atoms with Crippen LogP contribution < -0.4 is 5.32 Å². The largest absolute Gasteiger partial charge is 0.333 e. The summed E-state index contributed by atoms with van der Waals surface area (Å²) < 4.78 is 2.31. The highest BCUT2D eigenvalue weighted by Crippen LogP contribution is 2.29. The second-order valence-corrected chi connectivity index (χ2v) is 5.10. The Bertz CT molecular complexity index is 323. The molecule has 0 saturated heterocycles. The highest BCUT2D eigenvalue weighted by molar-refractivity contribution is 5.11. The molecule has 1 aromatic rings. The first-order chi connectivity index (χ1) is 7.13. The summed E-state index contributed by atoms with van der Waals surface area (Å²) in [5.74, 6) is 0.880. The summed E-state index contributed by atoms with van der Waals surface area (Å²) in [6, 6.07) is 0. The summed E-state index contributed by atoms with van der Waals surface area (Å²) in [6.45, 7) is 5.53. The maximum Gasteiger partial charge on any atom is 0.0948 e. The molecule has 84 valence electrons. The van der Waals surface area contributed by atoms with Crippen LogP contribution >= 0.6 is 0 Å². The lowest BCUT2D eigenvalue weighted by Crippen LogP contribution is -2.36. The first-order valence-corrected chi connectivity index (χ1v) is 5.83. The number of hydrogen-bond donors (Lipinski definition) is 1. The van der Waals surface area contributed by atoms with Gasteiger partial charge in [-0.2, -0.15) is 0 Å². The van der Waals surface area contributed by atoms with Crippen LogP contribution in [0.15, 0.2) is 12.5 Å². The molecule has 1 aliphatic rings. The van der Waals surface area contributed by atoms with Crippen molar-refractivity contribution >= 4 is 0 Å². The molecular formula is C12H21N3. The molecule has 15 heavy (non-hydrogen) atoms. The molecule has 2 rings (SSSR count). The zero-order valence-corrected chi connectivity index (χ0v) is 9.95. The molecule has 0 atom stereocenters. The molecule has 0 spiro atoms. The molecule has 0 bridgehead atoms. The van der Waals surface area contributed by atoms with Crippen LogP contribution in [0, 0.1) is 5.92 Å². The van der Waals surface area contributed by atoms with Gasteiger partial charge in [-0.3, -0.25) is 0 Å². The molecule has 1 fully saturated rings. The van der Waals surface area contributed by atoms with Crippen molar-refractivity contribution in [3.05, 3.63) is 18.2 Å². The lowest BCUT2D eigenvalue weighted by molar-refractivity contribution is 0.266. The number of aromatic nitrogens is 2. The summed E-state index contributed by atoms with van der Waals surface area (Å²) in [6.07, 6.45) is 8.13. The van der Waals surface area contributed by atoms with Crippen LogP contribution in [-0.4, -0.2) is 16.6 Å². The van der Waals surface area contributed by atoms with Gasteiger partial charge < -0.3 is 9.88 Å². The molecule has 0 radical (unpaired) electrons. The molecule has 1 aromatic heterocycles. The van der Waals surface area contributed by atoms with Crippen LogP contribution in [-0.2, 0) is 12.1 Å². The van der Waals surface area contributed by atoms with E-state index in [-0.39, 0.29) is 5.54 Å². The molecule has 1 N–H and O–H groups in total. The second kappa shape index (κ2) is 3.97. The minimum Gasteiger partial charge on any atom is -0.333 e. The Balaban J connectivity index is 2.13. The van der Waals surface area contributed by atoms with E-state index in [4.69, 9.17) is 0 Å². The van der Waals surface area contributed by atoms with Crippen molar-refractivity contribution in [2.45, 2.75) is 45.2 Å². The van der Waals surface area contributed by atoms with E-state index in [1.165, 1.54) is 25.0 Å². The zero-order valence-electron chi connectivity index (χ0n) is 9.95. The van der Waals surface area contributed by atoms with Gasteiger partial charge in [0.05, 0.1) is 17.6 Å². The predicted octanol–water partition coefficient (Wildman–Crippen LogP) is 2.14. The molecule has 1 aliphatic carbocycles. The number of hydrogen-bond acceptors (Lipinski definition) is 2. The van der Waals surface area contributed by atoms with Crippen molar-refractivity contribution in [3.63, 3.8) is 0 Å². The van der Waals surface area contributed by atoms with Crippen molar-refractivity contribution in [2.75, 3.05) is 7.05 Å². The molecule has 0 unspecified atom stereocenters. The summed E-state index contributed by atoms with van der Waals surface area (Å²) in [5.41, 5.74) is 1.30. The average Bonchev–Trinajstić information content (AvgIpc) is 2.60. The van der Waals surface area contributed by atoms with Gasteiger partial charge in [0.1, 0.15) is 0 Å². The van der Waals surface area contributed by atoms with Gasteiger partial charge in [0.2, 0.25) is 0 Å². The van der Waals surface area contributed by atoms with Gasteiger partial charge in [-0.1, -0.05) is 6.42 Å². The van der Waals surface area contributed by atoms with Crippen LogP contribution in [0.2, 0.25) is 0 Å². The monoisotopic (exact) mass is 207 g/mol. The Hall–Kier alpha value is -0.830. The number of imidazole rings is 1. The molecule has 1 heterocycles. The lowest BCUT2D eigenvalue weighted by atomic mass is 9.85. The van der Waals surface area contributed by atoms with Crippen molar-refractivity contribution in [1.29, 1.82) is 0 Å². The smallest absolute Gasteiger partial charge is 0.0948 e. The predicted molar refractivity (Wildman–Crippen MR) is 61.7 cm³/mol. The number of nitrogens with zero attached hydrogens (tertiary/aromatic N) is 2. The normalized spacial score (nSPS) is 17.8. The van der Waals surface area contributed by atoms with Crippen molar-refractivity contribution < 1.29 is 0 Å². The van der Waals surface area contributed by atoms with Gasteiger partial charge >= 0.3 is 0 Å². The van der Waals surface area contributed by atoms with Crippen LogP contribution in [0.25, 0.3) is 0 Å². The van der Waals surface area contributed by atoms with E-state index in [2.05, 4.69) is 28.7 Å². The summed E-state index contributed by atoms with van der Waals surface area (Å²) >= 11 is 0. The maximum atomic E-state index is 4.27. The Morgan fingerprint density at radius 3 is 2.80 bits per heavy atom. The van der Waals surface area contributed by atoms with E-state index in [0.717, 1.165) is 12.5 Å². The number of nitrogens with one attached hydrogen (secondary N) is 1. The van der Waals surface area contributed by atoms with E-state index < -0.39 is 0 Å². The third-order valence-electron chi connectivity index (χ3n) is 3.66. The zero-order chi connectivity index (χ0) is 10.9. The third-order valence-corrected chi connectivity index (χ3v) is 3.66. The molecule has 1 saturated carbocycles. The minimum absolute atomic E-state index is 0.0141. The Kier molecular flexibility index (Phi) is 2.83. The SMILES string of the molecule is CNC(C)(C)c1cncn1CC1CCC1. The van der Waals surface area contributed by atoms with E-state index >= 15 is 0 Å². The standard InChI is InChI=1S/C12H21N3/c1-12(2,13-3)11-7-14-9-15(11)8-10-5-4-6-10/h7,9-10,13H,4-6,8H2,1-3H3. The molecule has 3 nitrogen and oxygen atoms in total. The van der Waals surface area contributed by atoms with Crippen molar-refractivity contribution in [3.8, 4) is 0 Å². The van der Waals surface area contributed by atoms with Crippen LogP contribution in [0.3, 0.4) is 0 Å². The molecule has 0 aromatic carbocycles. The van der Waals surface area contributed by atoms with Gasteiger partial charge in [-0.25, -0.2) is 4.98 Å². The van der Waals surface area contributed by atoms with E-state index in [9.17, 15) is 0 Å². The number of rotatable bonds is 4. The highest BCUT2D eigenvalue weighted by Gasteiger charge is 2.25. The van der Waals surface area contributed by atoms with Gasteiger partial charge in [-0.05, 0) is 39.7 Å². The Morgan fingerprint density at radius 1 is 1.53 bits per heavy atom. The maximum absolute atomic E-state index is 4.27. The van der Waals surface area contributed by atoms with Crippen LogP contribution in [0.5, 0.6) is 0 Å². The fraction of sp³-hybridized carbons (Fsp3) is 0.750. The third kappa shape index (κ3) is 2.07. The Morgan fingerprint density at radius 2 is 2.27 bits per heavy atom. The summed E-state index contributed by atoms with van der Waals surface area (Å²) in [7, 11) is 2.00. The fourth-order valence-corrected chi connectivity index (χ4v) is 2.07. The minimum atomic E-state index is 0.0141. The second-order valence-electron chi connectivity index (χ2n) is 5.10. The van der Waals surface area contributed by atoms with Crippen LogP contribution in [0.1, 0.15) is 38.8 Å². The van der Waals surface area contributed by atoms with Crippen molar-refractivity contribution in [1.82, 2.24) is 14.9 Å². The molecule has 3 heteroatoms. The Labute approximate surface area is 91.9 Å². The first kappa shape index (κ1) is 10.7. The first-order valence-electron chi connectivity index (χ1n) is 5.83.